The molecule has 0 atom stereocenters. The average Bonchev–Trinajstić information content (AvgIpc) is 3.00. The number of halogens is 1. The average molecular weight is 351 g/mol. The fraction of sp³-hybridized carbons (Fsp3) is 0.588. The number of nitrogens with zero attached hydrogens (tertiary/aromatic N) is 2. The number of hydrogen-bond acceptors (Lipinski definition) is 2. The Morgan fingerprint density at radius 3 is 2.52 bits per heavy atom. The van der Waals surface area contributed by atoms with Gasteiger partial charge in [0.15, 0.2) is 0 Å². The van der Waals surface area contributed by atoms with E-state index in [1.54, 1.807) is 0 Å². The van der Waals surface area contributed by atoms with Gasteiger partial charge in [0, 0.05) is 29.7 Å². The molecule has 0 unspecified atom stereocenters. The van der Waals surface area contributed by atoms with Crippen LogP contribution in [-0.2, 0) is 0 Å². The van der Waals surface area contributed by atoms with E-state index in [1.807, 2.05) is 29.2 Å². The maximum atomic E-state index is 12.5. The Bertz CT molecular complexity index is 491. The monoisotopic (exact) mass is 350 g/mol. The number of benzene rings is 1. The van der Waals surface area contributed by atoms with E-state index >= 15 is 0 Å². The molecule has 21 heavy (non-hydrogen) atoms. The summed E-state index contributed by atoms with van der Waals surface area (Å²) in [6.45, 7) is 5.60. The molecule has 3 nitrogen and oxygen atoms in total. The molecule has 0 N–H and O–H groups in total. The van der Waals surface area contributed by atoms with Crippen LogP contribution in [0.25, 0.3) is 0 Å². The van der Waals surface area contributed by atoms with Crippen molar-refractivity contribution < 1.29 is 4.79 Å². The van der Waals surface area contributed by atoms with Crippen molar-refractivity contribution in [3.63, 3.8) is 0 Å². The van der Waals surface area contributed by atoms with Crippen LogP contribution in [0.4, 0.5) is 0 Å². The molecule has 0 aliphatic carbocycles. The molecule has 4 heteroatoms. The van der Waals surface area contributed by atoms with E-state index in [0.29, 0.717) is 0 Å². The largest absolute Gasteiger partial charge is 0.339 e. The van der Waals surface area contributed by atoms with Gasteiger partial charge in [-0.05, 0) is 62.9 Å². The SMILES string of the molecule is O=C(c1cccc(Br)c1)N1CCC(CN2CCCC2)CC1. The summed E-state index contributed by atoms with van der Waals surface area (Å²) >= 11 is 3.44. The van der Waals surface area contributed by atoms with Crippen molar-refractivity contribution in [3.05, 3.63) is 34.3 Å². The lowest BCUT2D eigenvalue weighted by molar-refractivity contribution is 0.0673. The third kappa shape index (κ3) is 3.86. The lowest BCUT2D eigenvalue weighted by Crippen LogP contribution is -2.41. The van der Waals surface area contributed by atoms with Crippen LogP contribution in [0.15, 0.2) is 28.7 Å². The fourth-order valence-electron chi connectivity index (χ4n) is 3.45. The molecule has 114 valence electrons. The molecule has 0 bridgehead atoms. The van der Waals surface area contributed by atoms with Gasteiger partial charge in [0.2, 0.25) is 0 Å². The second kappa shape index (κ2) is 6.93. The van der Waals surface area contributed by atoms with Crippen molar-refractivity contribution in [2.75, 3.05) is 32.7 Å². The lowest BCUT2D eigenvalue weighted by Gasteiger charge is -2.34. The predicted octanol–water partition coefficient (Wildman–Crippen LogP) is 3.40. The fourth-order valence-corrected chi connectivity index (χ4v) is 3.85. The number of rotatable bonds is 3. The Kier molecular flexibility index (Phi) is 4.96. The quantitative estimate of drug-likeness (QED) is 0.833. The smallest absolute Gasteiger partial charge is 0.253 e. The van der Waals surface area contributed by atoms with Gasteiger partial charge < -0.3 is 9.80 Å². The molecule has 2 saturated heterocycles. The van der Waals surface area contributed by atoms with E-state index in [2.05, 4.69) is 20.8 Å². The molecule has 1 amide bonds. The summed E-state index contributed by atoms with van der Waals surface area (Å²) in [7, 11) is 0. The lowest BCUT2D eigenvalue weighted by atomic mass is 9.95. The highest BCUT2D eigenvalue weighted by Crippen LogP contribution is 2.22. The molecule has 2 aliphatic heterocycles. The van der Waals surface area contributed by atoms with E-state index < -0.39 is 0 Å². The van der Waals surface area contributed by atoms with Gasteiger partial charge in [-0.15, -0.1) is 0 Å². The Morgan fingerprint density at radius 1 is 1.14 bits per heavy atom. The van der Waals surface area contributed by atoms with Gasteiger partial charge in [0.05, 0.1) is 0 Å². The molecule has 2 fully saturated rings. The number of carbonyl (C=O) groups is 1. The number of piperidine rings is 1. The van der Waals surface area contributed by atoms with Gasteiger partial charge in [-0.25, -0.2) is 0 Å². The second-order valence-electron chi connectivity index (χ2n) is 6.25. The summed E-state index contributed by atoms with van der Waals surface area (Å²) in [5, 5.41) is 0. The molecule has 0 aromatic heterocycles. The summed E-state index contributed by atoms with van der Waals surface area (Å²) in [5.41, 5.74) is 0.794. The maximum Gasteiger partial charge on any atom is 0.253 e. The summed E-state index contributed by atoms with van der Waals surface area (Å²) in [4.78, 5) is 17.1. The first kappa shape index (κ1) is 15.0. The van der Waals surface area contributed by atoms with E-state index in [-0.39, 0.29) is 5.91 Å². The van der Waals surface area contributed by atoms with Gasteiger partial charge in [0.1, 0.15) is 0 Å². The summed E-state index contributed by atoms with van der Waals surface area (Å²) < 4.78 is 0.970. The third-order valence-corrected chi connectivity index (χ3v) is 5.18. The molecule has 0 spiro atoms. The molecule has 1 aromatic carbocycles. The normalized spacial score (nSPS) is 20.9. The van der Waals surface area contributed by atoms with Crippen molar-refractivity contribution in [1.82, 2.24) is 9.80 Å². The first-order chi connectivity index (χ1) is 10.2. The highest BCUT2D eigenvalue weighted by atomic mass is 79.9. The van der Waals surface area contributed by atoms with Gasteiger partial charge >= 0.3 is 0 Å². The molecule has 2 aliphatic rings. The Hall–Kier alpha value is -0.870. The minimum atomic E-state index is 0.177. The van der Waals surface area contributed by atoms with Gasteiger partial charge in [-0.2, -0.15) is 0 Å². The van der Waals surface area contributed by atoms with Crippen molar-refractivity contribution in [2.45, 2.75) is 25.7 Å². The maximum absolute atomic E-state index is 12.5. The van der Waals surface area contributed by atoms with Gasteiger partial charge in [-0.3, -0.25) is 4.79 Å². The van der Waals surface area contributed by atoms with E-state index in [4.69, 9.17) is 0 Å². The zero-order valence-electron chi connectivity index (χ0n) is 12.4. The first-order valence-electron chi connectivity index (χ1n) is 7.99. The second-order valence-corrected chi connectivity index (χ2v) is 7.17. The number of hydrogen-bond donors (Lipinski definition) is 0. The summed E-state index contributed by atoms with van der Waals surface area (Å²) in [6.07, 6.45) is 5.02. The molecular formula is C17H23BrN2O. The number of amides is 1. The van der Waals surface area contributed by atoms with Crippen molar-refractivity contribution in [1.29, 1.82) is 0 Å². The van der Waals surface area contributed by atoms with Crippen LogP contribution in [0.3, 0.4) is 0 Å². The van der Waals surface area contributed by atoms with Gasteiger partial charge in [-0.1, -0.05) is 22.0 Å². The van der Waals surface area contributed by atoms with E-state index in [9.17, 15) is 4.79 Å². The first-order valence-corrected chi connectivity index (χ1v) is 8.79. The Morgan fingerprint density at radius 2 is 1.86 bits per heavy atom. The molecular weight excluding hydrogens is 328 g/mol. The zero-order chi connectivity index (χ0) is 14.7. The van der Waals surface area contributed by atoms with Crippen molar-refractivity contribution in [2.24, 2.45) is 5.92 Å². The molecule has 3 rings (SSSR count). The van der Waals surface area contributed by atoms with Crippen LogP contribution in [-0.4, -0.2) is 48.4 Å². The van der Waals surface area contributed by atoms with Crippen LogP contribution in [0, 0.1) is 5.92 Å². The highest BCUT2D eigenvalue weighted by Gasteiger charge is 2.25. The van der Waals surface area contributed by atoms with Crippen LogP contribution in [0.2, 0.25) is 0 Å². The van der Waals surface area contributed by atoms with Crippen LogP contribution < -0.4 is 0 Å². The minimum Gasteiger partial charge on any atom is -0.339 e. The molecule has 2 heterocycles. The van der Waals surface area contributed by atoms with Gasteiger partial charge in [0.25, 0.3) is 5.91 Å². The third-order valence-electron chi connectivity index (χ3n) is 4.69. The van der Waals surface area contributed by atoms with E-state index in [0.717, 1.165) is 41.9 Å². The summed E-state index contributed by atoms with van der Waals surface area (Å²) in [6, 6.07) is 7.71. The molecule has 0 radical (unpaired) electrons. The Balaban J connectivity index is 1.52. The number of likely N-dealkylation sites (tertiary alicyclic amines) is 2. The molecule has 1 aromatic rings. The van der Waals surface area contributed by atoms with E-state index in [1.165, 1.54) is 32.5 Å². The van der Waals surface area contributed by atoms with Crippen molar-refractivity contribution >= 4 is 21.8 Å². The van der Waals surface area contributed by atoms with Crippen LogP contribution in [0.5, 0.6) is 0 Å². The molecule has 0 saturated carbocycles. The summed E-state index contributed by atoms with van der Waals surface area (Å²) in [5.74, 6) is 0.950. The standard InChI is InChI=1S/C17H23BrN2O/c18-16-5-3-4-15(12-16)17(21)20-10-6-14(7-11-20)13-19-8-1-2-9-19/h3-5,12,14H,1-2,6-11,13H2. The predicted molar refractivity (Wildman–Crippen MR) is 88.4 cm³/mol. The van der Waals surface area contributed by atoms with Crippen LogP contribution >= 0.6 is 15.9 Å². The Labute approximate surface area is 135 Å². The topological polar surface area (TPSA) is 23.6 Å². The highest BCUT2D eigenvalue weighted by molar-refractivity contribution is 9.10. The zero-order valence-corrected chi connectivity index (χ0v) is 14.0. The van der Waals surface area contributed by atoms with Crippen LogP contribution in [0.1, 0.15) is 36.0 Å². The van der Waals surface area contributed by atoms with Crippen molar-refractivity contribution in [3.8, 4) is 0 Å². The number of carbonyl (C=O) groups excluding carboxylic acids is 1. The minimum absolute atomic E-state index is 0.177.